The van der Waals surface area contributed by atoms with E-state index in [1.54, 1.807) is 18.2 Å². The molecule has 0 radical (unpaired) electrons. The van der Waals surface area contributed by atoms with Crippen molar-refractivity contribution >= 4 is 31.6 Å². The summed E-state index contributed by atoms with van der Waals surface area (Å²) in [5.41, 5.74) is 5.75. The van der Waals surface area contributed by atoms with Crippen molar-refractivity contribution in [2.45, 2.75) is 28.2 Å². The maximum Gasteiger partial charge on any atom is 0.316 e. The Labute approximate surface area is 161 Å². The van der Waals surface area contributed by atoms with E-state index in [4.69, 9.17) is 22.2 Å². The molecule has 2 rings (SSSR count). The predicted octanol–water partition coefficient (Wildman–Crippen LogP) is 3.22. The highest BCUT2D eigenvalue weighted by atomic mass is 35.5. The van der Waals surface area contributed by atoms with E-state index in [1.165, 1.54) is 11.8 Å². The van der Waals surface area contributed by atoms with Gasteiger partial charge in [0, 0.05) is 14.8 Å². The van der Waals surface area contributed by atoms with Gasteiger partial charge in [0.1, 0.15) is 5.75 Å². The molecule has 0 saturated heterocycles. The van der Waals surface area contributed by atoms with Crippen LogP contribution >= 0.6 is 31.6 Å². The number of phenolic OH excluding ortho intramolecular Hbond substituents is 1. The summed E-state index contributed by atoms with van der Waals surface area (Å²) in [6.45, 7) is -0.577. The average molecular weight is 418 g/mol. The molecule has 0 bridgehead atoms. The summed E-state index contributed by atoms with van der Waals surface area (Å²) < 4.78 is 15.4. The third-order valence-corrected chi connectivity index (χ3v) is 5.49. The Bertz CT molecular complexity index is 779. The van der Waals surface area contributed by atoms with Crippen molar-refractivity contribution in [3.8, 4) is 5.75 Å². The summed E-state index contributed by atoms with van der Waals surface area (Å²) in [4.78, 5) is 10.6. The number of hydrogen-bond acceptors (Lipinski definition) is 6. The first-order valence-corrected chi connectivity index (χ1v) is 10.3. The zero-order valence-electron chi connectivity index (χ0n) is 13.9. The predicted molar refractivity (Wildman–Crippen MR) is 103 cm³/mol. The van der Waals surface area contributed by atoms with Gasteiger partial charge in [-0.3, -0.25) is 4.57 Å². The summed E-state index contributed by atoms with van der Waals surface area (Å²) in [5.74, 6) is 0.202. The Morgan fingerprint density at radius 2 is 1.96 bits per heavy atom. The number of hydrogen-bond donors (Lipinski definition) is 4. The Kier molecular flexibility index (Phi) is 7.98. The molecule has 2 unspecified atom stereocenters. The minimum Gasteiger partial charge on any atom is -0.508 e. The molecule has 2 aromatic rings. The van der Waals surface area contributed by atoms with Gasteiger partial charge in [0.2, 0.25) is 0 Å². The fourth-order valence-corrected chi connectivity index (χ4v) is 3.93. The van der Waals surface area contributed by atoms with Crippen molar-refractivity contribution in [1.82, 2.24) is 0 Å². The van der Waals surface area contributed by atoms with Crippen LogP contribution in [0.2, 0.25) is 5.02 Å². The van der Waals surface area contributed by atoms with E-state index in [-0.39, 0.29) is 19.0 Å². The third kappa shape index (κ3) is 6.59. The van der Waals surface area contributed by atoms with Gasteiger partial charge in [0.05, 0.1) is 18.8 Å². The van der Waals surface area contributed by atoms with Crippen molar-refractivity contribution in [1.29, 1.82) is 0 Å². The van der Waals surface area contributed by atoms with E-state index in [2.05, 4.69) is 4.52 Å². The number of nitrogens with two attached hydrogens (primary N) is 1. The summed E-state index contributed by atoms with van der Waals surface area (Å²) >= 11 is 7.82. The minimum absolute atomic E-state index is 0.202. The van der Waals surface area contributed by atoms with Crippen LogP contribution in [0.4, 0.5) is 0 Å². The molecule has 2 atom stereocenters. The summed E-state index contributed by atoms with van der Waals surface area (Å²) in [5, 5.41) is 19.5. The second-order valence-electron chi connectivity index (χ2n) is 5.93. The molecule has 0 aromatic heterocycles. The topological polar surface area (TPSA) is 113 Å². The van der Waals surface area contributed by atoms with E-state index < -0.39 is 13.8 Å². The highest BCUT2D eigenvalue weighted by Crippen LogP contribution is 2.33. The zero-order chi connectivity index (χ0) is 19.2. The maximum atomic E-state index is 10.7. The Balaban J connectivity index is 2.01. The highest BCUT2D eigenvalue weighted by Gasteiger charge is 2.25. The average Bonchev–Trinajstić information content (AvgIpc) is 2.59. The molecule has 0 aliphatic rings. The number of aryl methyl sites for hydroxylation is 1. The quantitative estimate of drug-likeness (QED) is 0.463. The lowest BCUT2D eigenvalue weighted by molar-refractivity contribution is 0.123. The second-order valence-corrected chi connectivity index (χ2v) is 8.30. The van der Waals surface area contributed by atoms with Gasteiger partial charge in [-0.05, 0) is 48.7 Å². The molecule has 26 heavy (non-hydrogen) atoms. The van der Waals surface area contributed by atoms with Crippen LogP contribution in [0.25, 0.3) is 0 Å². The summed E-state index contributed by atoms with van der Waals surface area (Å²) in [7, 11) is -3.09. The van der Waals surface area contributed by atoms with Crippen LogP contribution in [-0.2, 0) is 15.5 Å². The van der Waals surface area contributed by atoms with Crippen LogP contribution in [0.5, 0.6) is 5.75 Å². The van der Waals surface area contributed by atoms with Crippen molar-refractivity contribution in [3.05, 3.63) is 53.1 Å². The molecule has 0 aliphatic carbocycles. The fourth-order valence-electron chi connectivity index (χ4n) is 2.26. The first kappa shape index (κ1) is 21.3. The van der Waals surface area contributed by atoms with Crippen LogP contribution in [-0.4, -0.2) is 33.9 Å². The molecule has 5 N–H and O–H groups in total. The first-order valence-electron chi connectivity index (χ1n) is 7.82. The summed E-state index contributed by atoms with van der Waals surface area (Å²) in [6, 6.07) is 12.6. The van der Waals surface area contributed by atoms with Crippen molar-refractivity contribution < 1.29 is 24.2 Å². The van der Waals surface area contributed by atoms with Crippen LogP contribution in [0, 0.1) is 0 Å². The van der Waals surface area contributed by atoms with Gasteiger partial charge in [0.15, 0.2) is 0 Å². The van der Waals surface area contributed by atoms with Gasteiger partial charge in [-0.25, -0.2) is 0 Å². The van der Waals surface area contributed by atoms with Gasteiger partial charge in [0.25, 0.3) is 0 Å². The summed E-state index contributed by atoms with van der Waals surface area (Å²) in [6.07, 6.45) is 0.833. The SMILES string of the molecule is NC(CO)(CCc1ccc(Sc2cccc(O)c2)cc1Cl)CO[PH](=O)O. The lowest BCUT2D eigenvalue weighted by atomic mass is 9.94. The lowest BCUT2D eigenvalue weighted by Gasteiger charge is -2.26. The normalized spacial score (nSPS) is 14.8. The van der Waals surface area contributed by atoms with Crippen LogP contribution in [0.15, 0.2) is 52.3 Å². The molecule has 142 valence electrons. The van der Waals surface area contributed by atoms with Crippen molar-refractivity contribution in [2.24, 2.45) is 5.73 Å². The molecule has 6 nitrogen and oxygen atoms in total. The number of aliphatic hydroxyl groups excluding tert-OH is 1. The van der Waals surface area contributed by atoms with Gasteiger partial charge < -0.3 is 25.4 Å². The second kappa shape index (κ2) is 9.76. The number of phenols is 1. The standard InChI is InChI=1S/C17H21ClNO5PS/c18-16-9-15(26-14-3-1-2-13(21)8-14)5-4-12(16)6-7-17(19,10-20)11-24-25(22)23/h1-5,8-9,20-21,25H,6-7,10-11,19H2,(H,22,23). The number of aromatic hydroxyl groups is 1. The van der Waals surface area contributed by atoms with Gasteiger partial charge in [-0.15, -0.1) is 0 Å². The van der Waals surface area contributed by atoms with E-state index in [0.29, 0.717) is 17.9 Å². The number of rotatable bonds is 9. The van der Waals surface area contributed by atoms with Crippen LogP contribution in [0.1, 0.15) is 12.0 Å². The Morgan fingerprint density at radius 1 is 1.23 bits per heavy atom. The molecular formula is C17H21ClNO5PS. The maximum absolute atomic E-state index is 10.7. The molecule has 0 heterocycles. The van der Waals surface area contributed by atoms with Gasteiger partial charge >= 0.3 is 8.25 Å². The van der Waals surface area contributed by atoms with E-state index in [1.807, 2.05) is 24.3 Å². The molecular weight excluding hydrogens is 397 g/mol. The monoisotopic (exact) mass is 417 g/mol. The lowest BCUT2D eigenvalue weighted by Crippen LogP contribution is -2.48. The van der Waals surface area contributed by atoms with Crippen molar-refractivity contribution in [3.63, 3.8) is 0 Å². The van der Waals surface area contributed by atoms with E-state index in [0.717, 1.165) is 15.4 Å². The third-order valence-electron chi connectivity index (χ3n) is 3.77. The number of benzene rings is 2. The zero-order valence-corrected chi connectivity index (χ0v) is 16.5. The fraction of sp³-hybridized carbons (Fsp3) is 0.294. The molecule has 0 amide bonds. The van der Waals surface area contributed by atoms with Crippen LogP contribution in [0.3, 0.4) is 0 Å². The highest BCUT2D eigenvalue weighted by molar-refractivity contribution is 7.99. The number of halogens is 1. The van der Waals surface area contributed by atoms with Crippen LogP contribution < -0.4 is 5.73 Å². The first-order chi connectivity index (χ1) is 12.3. The molecule has 0 spiro atoms. The van der Waals surface area contributed by atoms with Crippen molar-refractivity contribution in [2.75, 3.05) is 13.2 Å². The van der Waals surface area contributed by atoms with E-state index in [9.17, 15) is 14.8 Å². The Hall–Kier alpha value is -1.05. The van der Waals surface area contributed by atoms with Gasteiger partial charge in [-0.2, -0.15) is 0 Å². The largest absolute Gasteiger partial charge is 0.508 e. The van der Waals surface area contributed by atoms with Gasteiger partial charge in [-0.1, -0.05) is 35.5 Å². The molecule has 2 aromatic carbocycles. The molecule has 0 fully saturated rings. The molecule has 0 saturated carbocycles. The molecule has 0 aliphatic heterocycles. The molecule has 9 heteroatoms. The Morgan fingerprint density at radius 3 is 2.58 bits per heavy atom. The minimum atomic E-state index is -3.09. The number of aliphatic hydroxyl groups is 1. The smallest absolute Gasteiger partial charge is 0.316 e. The van der Waals surface area contributed by atoms with E-state index >= 15 is 0 Å².